The van der Waals surface area contributed by atoms with Crippen LogP contribution in [0.1, 0.15) is 38.5 Å². The number of carbonyl (C=O) groups excluding carboxylic acids is 1. The number of aliphatic hydroxyl groups excluding tert-OH is 1. The van der Waals surface area contributed by atoms with Gasteiger partial charge in [-0.3, -0.25) is 4.79 Å². The summed E-state index contributed by atoms with van der Waals surface area (Å²) in [5.41, 5.74) is 5.40. The van der Waals surface area contributed by atoms with Gasteiger partial charge in [0.25, 0.3) is 0 Å². The van der Waals surface area contributed by atoms with E-state index in [1.165, 1.54) is 0 Å². The SMILES string of the molecule is NCCCCCCC(=O)N1CCC(CO)C1. The number of nitrogens with two attached hydrogens (primary N) is 1. The van der Waals surface area contributed by atoms with Crippen molar-refractivity contribution in [2.45, 2.75) is 38.5 Å². The first-order chi connectivity index (χ1) is 7.77. The third-order valence-corrected chi connectivity index (χ3v) is 3.24. The number of aliphatic hydroxyl groups is 1. The van der Waals surface area contributed by atoms with Crippen LogP contribution < -0.4 is 5.73 Å². The molecule has 1 atom stereocenters. The second-order valence-electron chi connectivity index (χ2n) is 4.63. The number of amides is 1. The summed E-state index contributed by atoms with van der Waals surface area (Å²) in [6.07, 6.45) is 5.87. The largest absolute Gasteiger partial charge is 0.396 e. The third kappa shape index (κ3) is 4.49. The molecule has 1 amide bonds. The number of rotatable bonds is 7. The van der Waals surface area contributed by atoms with E-state index in [9.17, 15) is 4.79 Å². The maximum Gasteiger partial charge on any atom is 0.222 e. The highest BCUT2D eigenvalue weighted by atomic mass is 16.3. The summed E-state index contributed by atoms with van der Waals surface area (Å²) in [5.74, 6) is 0.560. The molecule has 4 heteroatoms. The highest BCUT2D eigenvalue weighted by Gasteiger charge is 2.24. The Hall–Kier alpha value is -0.610. The lowest BCUT2D eigenvalue weighted by Crippen LogP contribution is -2.28. The molecule has 1 saturated heterocycles. The van der Waals surface area contributed by atoms with Crippen LogP contribution in [0.4, 0.5) is 0 Å². The molecule has 94 valence electrons. The van der Waals surface area contributed by atoms with Gasteiger partial charge < -0.3 is 15.7 Å². The fourth-order valence-corrected chi connectivity index (χ4v) is 2.14. The zero-order valence-electron chi connectivity index (χ0n) is 10.0. The number of hydrogen-bond acceptors (Lipinski definition) is 3. The Morgan fingerprint density at radius 3 is 2.69 bits per heavy atom. The van der Waals surface area contributed by atoms with Gasteiger partial charge in [-0.2, -0.15) is 0 Å². The normalized spacial score (nSPS) is 20.4. The van der Waals surface area contributed by atoms with Crippen LogP contribution in [0, 0.1) is 5.92 Å². The Balaban J connectivity index is 2.06. The van der Waals surface area contributed by atoms with Crippen molar-refractivity contribution in [3.8, 4) is 0 Å². The minimum absolute atomic E-state index is 0.209. The molecule has 1 aliphatic heterocycles. The Morgan fingerprint density at radius 1 is 1.31 bits per heavy atom. The van der Waals surface area contributed by atoms with Crippen molar-refractivity contribution >= 4 is 5.91 Å². The van der Waals surface area contributed by atoms with Crippen LogP contribution in [0.25, 0.3) is 0 Å². The van der Waals surface area contributed by atoms with E-state index in [-0.39, 0.29) is 12.5 Å². The number of hydrogen-bond donors (Lipinski definition) is 2. The van der Waals surface area contributed by atoms with E-state index in [4.69, 9.17) is 10.8 Å². The molecule has 0 spiro atoms. The van der Waals surface area contributed by atoms with Gasteiger partial charge in [0, 0.05) is 32.0 Å². The van der Waals surface area contributed by atoms with Crippen molar-refractivity contribution in [2.24, 2.45) is 11.7 Å². The zero-order valence-corrected chi connectivity index (χ0v) is 10.0. The van der Waals surface area contributed by atoms with Gasteiger partial charge in [-0.1, -0.05) is 12.8 Å². The second kappa shape index (κ2) is 7.63. The van der Waals surface area contributed by atoms with Crippen molar-refractivity contribution in [1.82, 2.24) is 4.90 Å². The molecular weight excluding hydrogens is 204 g/mol. The molecule has 3 N–H and O–H groups in total. The summed E-state index contributed by atoms with van der Waals surface area (Å²) in [5, 5.41) is 8.99. The van der Waals surface area contributed by atoms with Crippen molar-refractivity contribution in [2.75, 3.05) is 26.2 Å². The average Bonchev–Trinajstić information content (AvgIpc) is 2.77. The lowest BCUT2D eigenvalue weighted by Gasteiger charge is -2.15. The van der Waals surface area contributed by atoms with Gasteiger partial charge in [0.05, 0.1) is 0 Å². The van der Waals surface area contributed by atoms with E-state index in [2.05, 4.69) is 0 Å². The minimum Gasteiger partial charge on any atom is -0.396 e. The molecule has 0 radical (unpaired) electrons. The van der Waals surface area contributed by atoms with Crippen LogP contribution in [0.15, 0.2) is 0 Å². The van der Waals surface area contributed by atoms with Crippen molar-refractivity contribution in [3.05, 3.63) is 0 Å². The van der Waals surface area contributed by atoms with Crippen LogP contribution in [0.2, 0.25) is 0 Å². The van der Waals surface area contributed by atoms with E-state index < -0.39 is 0 Å². The molecule has 1 heterocycles. The Kier molecular flexibility index (Phi) is 6.42. The van der Waals surface area contributed by atoms with Crippen molar-refractivity contribution in [3.63, 3.8) is 0 Å². The molecule has 1 unspecified atom stereocenters. The fourth-order valence-electron chi connectivity index (χ4n) is 2.14. The molecule has 1 aliphatic rings. The summed E-state index contributed by atoms with van der Waals surface area (Å²) in [7, 11) is 0. The maximum atomic E-state index is 11.8. The maximum absolute atomic E-state index is 11.8. The fraction of sp³-hybridized carbons (Fsp3) is 0.917. The van der Waals surface area contributed by atoms with Gasteiger partial charge in [-0.15, -0.1) is 0 Å². The predicted octanol–water partition coefficient (Wildman–Crippen LogP) is 0.736. The number of nitrogens with zero attached hydrogens (tertiary/aromatic N) is 1. The minimum atomic E-state index is 0.209. The molecule has 1 rings (SSSR count). The zero-order chi connectivity index (χ0) is 11.8. The van der Waals surface area contributed by atoms with Gasteiger partial charge in [0.2, 0.25) is 5.91 Å². The van der Waals surface area contributed by atoms with E-state index in [1.807, 2.05) is 4.90 Å². The summed E-state index contributed by atoms with van der Waals surface area (Å²) < 4.78 is 0. The Morgan fingerprint density at radius 2 is 2.06 bits per heavy atom. The molecule has 0 aromatic heterocycles. The summed E-state index contributed by atoms with van der Waals surface area (Å²) >= 11 is 0. The quantitative estimate of drug-likeness (QED) is 0.631. The Labute approximate surface area is 97.8 Å². The van der Waals surface area contributed by atoms with E-state index in [0.717, 1.165) is 51.7 Å². The van der Waals surface area contributed by atoms with Crippen LogP contribution in [-0.2, 0) is 4.79 Å². The van der Waals surface area contributed by atoms with Crippen molar-refractivity contribution < 1.29 is 9.90 Å². The molecule has 0 aliphatic carbocycles. The molecule has 0 aromatic rings. The van der Waals surface area contributed by atoms with Crippen LogP contribution in [0.3, 0.4) is 0 Å². The first kappa shape index (κ1) is 13.5. The highest BCUT2D eigenvalue weighted by Crippen LogP contribution is 2.17. The summed E-state index contributed by atoms with van der Waals surface area (Å²) in [4.78, 5) is 13.7. The smallest absolute Gasteiger partial charge is 0.222 e. The van der Waals surface area contributed by atoms with Gasteiger partial charge in [-0.05, 0) is 25.8 Å². The highest BCUT2D eigenvalue weighted by molar-refractivity contribution is 5.76. The first-order valence-corrected chi connectivity index (χ1v) is 6.36. The van der Waals surface area contributed by atoms with Crippen LogP contribution in [-0.4, -0.2) is 42.2 Å². The molecule has 0 bridgehead atoms. The molecule has 0 aromatic carbocycles. The van der Waals surface area contributed by atoms with Crippen LogP contribution in [0.5, 0.6) is 0 Å². The molecule has 0 saturated carbocycles. The second-order valence-corrected chi connectivity index (χ2v) is 4.63. The predicted molar refractivity (Wildman–Crippen MR) is 63.9 cm³/mol. The summed E-state index contributed by atoms with van der Waals surface area (Å²) in [6, 6.07) is 0. The topological polar surface area (TPSA) is 66.6 Å². The van der Waals surface area contributed by atoms with Gasteiger partial charge in [-0.25, -0.2) is 0 Å². The van der Waals surface area contributed by atoms with Gasteiger partial charge in [0.1, 0.15) is 0 Å². The molecule has 4 nitrogen and oxygen atoms in total. The summed E-state index contributed by atoms with van der Waals surface area (Å²) in [6.45, 7) is 2.53. The van der Waals surface area contributed by atoms with E-state index in [1.54, 1.807) is 0 Å². The number of carbonyl (C=O) groups is 1. The standard InChI is InChI=1S/C12H24N2O2/c13-7-4-2-1-3-5-12(16)14-8-6-11(9-14)10-15/h11,15H,1-10,13H2. The third-order valence-electron chi connectivity index (χ3n) is 3.24. The first-order valence-electron chi connectivity index (χ1n) is 6.36. The molecular formula is C12H24N2O2. The van der Waals surface area contributed by atoms with E-state index in [0.29, 0.717) is 12.3 Å². The molecule has 16 heavy (non-hydrogen) atoms. The van der Waals surface area contributed by atoms with Gasteiger partial charge >= 0.3 is 0 Å². The monoisotopic (exact) mass is 228 g/mol. The lowest BCUT2D eigenvalue weighted by atomic mass is 10.1. The number of likely N-dealkylation sites (tertiary alicyclic amines) is 1. The van der Waals surface area contributed by atoms with Crippen molar-refractivity contribution in [1.29, 1.82) is 0 Å². The van der Waals surface area contributed by atoms with E-state index >= 15 is 0 Å². The molecule has 1 fully saturated rings. The van der Waals surface area contributed by atoms with Gasteiger partial charge in [0.15, 0.2) is 0 Å². The number of unbranched alkanes of at least 4 members (excludes halogenated alkanes) is 3. The average molecular weight is 228 g/mol. The Bertz CT molecular complexity index is 209. The lowest BCUT2D eigenvalue weighted by molar-refractivity contribution is -0.130. The van der Waals surface area contributed by atoms with Crippen LogP contribution >= 0.6 is 0 Å².